The number of phenolic OH excluding ortho intramolecular Hbond substituents is 1. The normalized spacial score (nSPS) is 11.9. The molecule has 0 aromatic heterocycles. The fraction of sp³-hybridized carbons (Fsp3) is 0.0714. The summed E-state index contributed by atoms with van der Waals surface area (Å²) in [5.74, 6) is -0.860. The number of anilines is 1. The molecule has 2 rings (SSSR count). The van der Waals surface area contributed by atoms with Crippen LogP contribution in [0.25, 0.3) is 0 Å². The van der Waals surface area contributed by atoms with Crippen LogP contribution in [-0.4, -0.2) is 16.1 Å². The predicted molar refractivity (Wildman–Crippen MR) is 73.1 cm³/mol. The summed E-state index contributed by atoms with van der Waals surface area (Å²) < 4.78 is 0. The number of benzene rings is 2. The minimum atomic E-state index is -1.31. The van der Waals surface area contributed by atoms with Crippen LogP contribution in [0.15, 0.2) is 48.5 Å². The Morgan fingerprint density at radius 1 is 1.11 bits per heavy atom. The van der Waals surface area contributed by atoms with Crippen molar-refractivity contribution in [2.24, 2.45) is 0 Å². The molecule has 0 saturated heterocycles. The number of para-hydroxylation sites is 1. The first-order chi connectivity index (χ1) is 9.09. The van der Waals surface area contributed by atoms with E-state index in [1.807, 2.05) is 0 Å². The fourth-order valence-electron chi connectivity index (χ4n) is 1.60. The Morgan fingerprint density at radius 2 is 1.79 bits per heavy atom. The highest BCUT2D eigenvalue weighted by molar-refractivity contribution is 6.32. The van der Waals surface area contributed by atoms with Crippen molar-refractivity contribution in [1.82, 2.24) is 0 Å². The summed E-state index contributed by atoms with van der Waals surface area (Å²) in [4.78, 5) is 11.9. The first-order valence-corrected chi connectivity index (χ1v) is 5.98. The van der Waals surface area contributed by atoms with E-state index in [9.17, 15) is 15.0 Å². The zero-order valence-electron chi connectivity index (χ0n) is 9.88. The Labute approximate surface area is 115 Å². The lowest BCUT2D eigenvalue weighted by Crippen LogP contribution is -2.20. The van der Waals surface area contributed by atoms with Crippen molar-refractivity contribution in [2.45, 2.75) is 6.10 Å². The van der Waals surface area contributed by atoms with Crippen molar-refractivity contribution in [3.8, 4) is 5.75 Å². The summed E-state index contributed by atoms with van der Waals surface area (Å²) in [7, 11) is 0. The first kappa shape index (κ1) is 13.4. The Kier molecular flexibility index (Phi) is 4.04. The van der Waals surface area contributed by atoms with Crippen LogP contribution in [0.5, 0.6) is 5.75 Å². The number of halogens is 1. The second-order valence-corrected chi connectivity index (χ2v) is 4.35. The Hall–Kier alpha value is -2.04. The Bertz CT molecular complexity index is 586. The van der Waals surface area contributed by atoms with Gasteiger partial charge in [0.2, 0.25) is 0 Å². The average Bonchev–Trinajstić information content (AvgIpc) is 2.44. The average molecular weight is 278 g/mol. The SMILES string of the molecule is O=C(Nc1cccc(Cl)c1O)[C@@H](O)c1ccccc1. The van der Waals surface area contributed by atoms with E-state index in [0.29, 0.717) is 5.56 Å². The predicted octanol–water partition coefficient (Wildman–Crippen LogP) is 2.72. The number of aliphatic hydroxyl groups excluding tert-OH is 1. The highest BCUT2D eigenvalue weighted by Crippen LogP contribution is 2.31. The number of amides is 1. The topological polar surface area (TPSA) is 69.6 Å². The van der Waals surface area contributed by atoms with Crippen molar-refractivity contribution >= 4 is 23.2 Å². The molecule has 98 valence electrons. The second kappa shape index (κ2) is 5.73. The summed E-state index contributed by atoms with van der Waals surface area (Å²) in [5.41, 5.74) is 0.633. The van der Waals surface area contributed by atoms with Crippen molar-refractivity contribution in [2.75, 3.05) is 5.32 Å². The maximum absolute atomic E-state index is 11.9. The molecule has 0 heterocycles. The molecule has 0 fully saturated rings. The lowest BCUT2D eigenvalue weighted by molar-refractivity contribution is -0.124. The van der Waals surface area contributed by atoms with E-state index < -0.39 is 12.0 Å². The van der Waals surface area contributed by atoms with Crippen molar-refractivity contribution in [3.63, 3.8) is 0 Å². The van der Waals surface area contributed by atoms with Crippen LogP contribution in [0, 0.1) is 0 Å². The number of hydrogen-bond acceptors (Lipinski definition) is 3. The molecule has 5 heteroatoms. The summed E-state index contributed by atoms with van der Waals surface area (Å²) in [5, 5.41) is 22.1. The van der Waals surface area contributed by atoms with E-state index in [4.69, 9.17) is 11.6 Å². The maximum atomic E-state index is 11.9. The van der Waals surface area contributed by atoms with Gasteiger partial charge in [-0.15, -0.1) is 0 Å². The van der Waals surface area contributed by atoms with Crippen molar-refractivity contribution in [3.05, 3.63) is 59.1 Å². The third-order valence-corrected chi connectivity index (χ3v) is 2.91. The minimum Gasteiger partial charge on any atom is -0.504 e. The van der Waals surface area contributed by atoms with E-state index in [-0.39, 0.29) is 16.5 Å². The molecule has 3 N–H and O–H groups in total. The minimum absolute atomic E-state index is 0.131. The van der Waals surface area contributed by atoms with Crippen LogP contribution < -0.4 is 5.32 Å². The molecule has 0 unspecified atom stereocenters. The molecule has 0 aliphatic rings. The lowest BCUT2D eigenvalue weighted by atomic mass is 10.1. The number of aliphatic hydroxyl groups is 1. The van der Waals surface area contributed by atoms with Crippen LogP contribution in [0.3, 0.4) is 0 Å². The number of rotatable bonds is 3. The van der Waals surface area contributed by atoms with Gasteiger partial charge in [-0.05, 0) is 17.7 Å². The number of phenols is 1. The van der Waals surface area contributed by atoms with Gasteiger partial charge >= 0.3 is 0 Å². The molecule has 2 aromatic carbocycles. The largest absolute Gasteiger partial charge is 0.504 e. The van der Waals surface area contributed by atoms with E-state index in [1.54, 1.807) is 36.4 Å². The molecule has 0 radical (unpaired) electrons. The van der Waals surface area contributed by atoms with Crippen LogP contribution in [-0.2, 0) is 4.79 Å². The number of hydrogen-bond donors (Lipinski definition) is 3. The number of aromatic hydroxyl groups is 1. The summed E-state index contributed by atoms with van der Waals surface area (Å²) in [6.07, 6.45) is -1.31. The third-order valence-electron chi connectivity index (χ3n) is 2.61. The van der Waals surface area contributed by atoms with Crippen LogP contribution in [0.2, 0.25) is 5.02 Å². The van der Waals surface area contributed by atoms with E-state index in [1.165, 1.54) is 12.1 Å². The molecular formula is C14H12ClNO3. The van der Waals surface area contributed by atoms with Crippen molar-refractivity contribution in [1.29, 1.82) is 0 Å². The summed E-state index contributed by atoms with van der Waals surface area (Å²) in [6, 6.07) is 13.1. The maximum Gasteiger partial charge on any atom is 0.257 e. The standard InChI is InChI=1S/C14H12ClNO3/c15-10-7-4-8-11(13(10)18)16-14(19)12(17)9-5-2-1-3-6-9/h1-8,12,17-18H,(H,16,19)/t12-/m0/s1. The summed E-state index contributed by atoms with van der Waals surface area (Å²) >= 11 is 5.73. The van der Waals surface area contributed by atoms with E-state index in [0.717, 1.165) is 0 Å². The van der Waals surface area contributed by atoms with Crippen LogP contribution in [0.1, 0.15) is 11.7 Å². The van der Waals surface area contributed by atoms with Gasteiger partial charge in [-0.2, -0.15) is 0 Å². The van der Waals surface area contributed by atoms with Gasteiger partial charge in [0.05, 0.1) is 10.7 Å². The highest BCUT2D eigenvalue weighted by atomic mass is 35.5. The van der Waals surface area contributed by atoms with Crippen molar-refractivity contribution < 1.29 is 15.0 Å². The highest BCUT2D eigenvalue weighted by Gasteiger charge is 2.18. The number of carbonyl (C=O) groups is 1. The molecule has 19 heavy (non-hydrogen) atoms. The zero-order valence-corrected chi connectivity index (χ0v) is 10.6. The molecule has 0 aliphatic carbocycles. The summed E-state index contributed by atoms with van der Waals surface area (Å²) in [6.45, 7) is 0. The lowest BCUT2D eigenvalue weighted by Gasteiger charge is -2.12. The molecule has 4 nitrogen and oxygen atoms in total. The molecule has 0 saturated carbocycles. The first-order valence-electron chi connectivity index (χ1n) is 5.61. The van der Waals surface area contributed by atoms with E-state index >= 15 is 0 Å². The van der Waals surface area contributed by atoms with Gasteiger partial charge in [0.1, 0.15) is 0 Å². The van der Waals surface area contributed by atoms with E-state index in [2.05, 4.69) is 5.32 Å². The monoisotopic (exact) mass is 277 g/mol. The fourth-order valence-corrected chi connectivity index (χ4v) is 1.78. The second-order valence-electron chi connectivity index (χ2n) is 3.94. The van der Waals surface area contributed by atoms with Crippen LogP contribution >= 0.6 is 11.6 Å². The Morgan fingerprint density at radius 3 is 2.47 bits per heavy atom. The Balaban J connectivity index is 2.15. The molecule has 0 aliphatic heterocycles. The van der Waals surface area contributed by atoms with Gasteiger partial charge in [0.15, 0.2) is 11.9 Å². The van der Waals surface area contributed by atoms with Gasteiger partial charge in [-0.1, -0.05) is 48.0 Å². The molecule has 1 atom stereocenters. The molecule has 1 amide bonds. The third kappa shape index (κ3) is 3.05. The van der Waals surface area contributed by atoms with Gasteiger partial charge in [0, 0.05) is 0 Å². The molecular weight excluding hydrogens is 266 g/mol. The van der Waals surface area contributed by atoms with Crippen LogP contribution in [0.4, 0.5) is 5.69 Å². The number of nitrogens with one attached hydrogen (secondary N) is 1. The smallest absolute Gasteiger partial charge is 0.257 e. The van der Waals surface area contributed by atoms with Gasteiger partial charge < -0.3 is 15.5 Å². The molecule has 0 spiro atoms. The van der Waals surface area contributed by atoms with Gasteiger partial charge in [-0.25, -0.2) is 0 Å². The zero-order chi connectivity index (χ0) is 13.8. The van der Waals surface area contributed by atoms with Gasteiger partial charge in [0.25, 0.3) is 5.91 Å². The molecule has 0 bridgehead atoms. The van der Waals surface area contributed by atoms with Gasteiger partial charge in [-0.3, -0.25) is 4.79 Å². The molecule has 2 aromatic rings. The number of carbonyl (C=O) groups excluding carboxylic acids is 1. The quantitative estimate of drug-likeness (QED) is 0.756.